The van der Waals surface area contributed by atoms with Crippen LogP contribution in [0.5, 0.6) is 0 Å². The fraction of sp³-hybridized carbons (Fsp3) is 0.364. The van der Waals surface area contributed by atoms with Gasteiger partial charge in [0.2, 0.25) is 0 Å². The van der Waals surface area contributed by atoms with Gasteiger partial charge in [-0.1, -0.05) is 24.3 Å². The SMILES string of the molecule is C=C(C)CN(CC)C(=O)c1cccc(-c2c[nH]c(C(=O)N3CCOCC3)c2)c1. The van der Waals surface area contributed by atoms with Gasteiger partial charge < -0.3 is 19.5 Å². The van der Waals surface area contributed by atoms with E-state index in [0.717, 1.165) is 16.7 Å². The number of nitrogens with one attached hydrogen (secondary N) is 1. The zero-order chi connectivity index (χ0) is 20.1. The highest BCUT2D eigenvalue weighted by molar-refractivity contribution is 5.96. The fourth-order valence-electron chi connectivity index (χ4n) is 3.29. The molecule has 2 aromatic rings. The zero-order valence-corrected chi connectivity index (χ0v) is 16.5. The van der Waals surface area contributed by atoms with Crippen LogP contribution in [0.1, 0.15) is 34.7 Å². The van der Waals surface area contributed by atoms with Crippen LogP contribution in [0, 0.1) is 0 Å². The molecule has 1 aliphatic heterocycles. The molecule has 0 radical (unpaired) electrons. The molecule has 1 saturated heterocycles. The fourth-order valence-corrected chi connectivity index (χ4v) is 3.29. The number of hydrogen-bond acceptors (Lipinski definition) is 3. The van der Waals surface area contributed by atoms with Gasteiger partial charge in [-0.25, -0.2) is 0 Å². The molecule has 1 aromatic carbocycles. The van der Waals surface area contributed by atoms with Crippen LogP contribution in [0.3, 0.4) is 0 Å². The van der Waals surface area contributed by atoms with E-state index in [-0.39, 0.29) is 11.8 Å². The Morgan fingerprint density at radius 2 is 1.96 bits per heavy atom. The lowest BCUT2D eigenvalue weighted by Gasteiger charge is -2.26. The number of nitrogens with zero attached hydrogens (tertiary/aromatic N) is 2. The molecule has 0 spiro atoms. The van der Waals surface area contributed by atoms with E-state index in [2.05, 4.69) is 11.6 Å². The van der Waals surface area contributed by atoms with Gasteiger partial charge in [0.05, 0.1) is 13.2 Å². The normalized spacial score (nSPS) is 14.0. The number of hydrogen-bond donors (Lipinski definition) is 1. The first-order valence-electron chi connectivity index (χ1n) is 9.59. The highest BCUT2D eigenvalue weighted by Gasteiger charge is 2.20. The predicted octanol–water partition coefficient (Wildman–Crippen LogP) is 3.19. The number of benzene rings is 1. The monoisotopic (exact) mass is 381 g/mol. The summed E-state index contributed by atoms with van der Waals surface area (Å²) in [7, 11) is 0. The molecule has 6 heteroatoms. The third kappa shape index (κ3) is 4.51. The number of aromatic nitrogens is 1. The van der Waals surface area contributed by atoms with Gasteiger partial charge in [0, 0.05) is 37.9 Å². The summed E-state index contributed by atoms with van der Waals surface area (Å²) in [5.74, 6) is -0.0482. The van der Waals surface area contributed by atoms with Gasteiger partial charge in [0.25, 0.3) is 11.8 Å². The van der Waals surface area contributed by atoms with Crippen molar-refractivity contribution in [3.8, 4) is 11.1 Å². The average molecular weight is 381 g/mol. The van der Waals surface area contributed by atoms with Gasteiger partial charge in [-0.2, -0.15) is 0 Å². The van der Waals surface area contributed by atoms with Crippen molar-refractivity contribution >= 4 is 11.8 Å². The number of morpholine rings is 1. The molecule has 0 unspecified atom stereocenters. The summed E-state index contributed by atoms with van der Waals surface area (Å²) in [6.45, 7) is 11.3. The molecule has 1 aromatic heterocycles. The Morgan fingerprint density at radius 1 is 1.21 bits per heavy atom. The van der Waals surface area contributed by atoms with Crippen LogP contribution in [-0.2, 0) is 4.74 Å². The zero-order valence-electron chi connectivity index (χ0n) is 16.5. The summed E-state index contributed by atoms with van der Waals surface area (Å²) in [6, 6.07) is 9.34. The summed E-state index contributed by atoms with van der Waals surface area (Å²) in [4.78, 5) is 32.1. The molecule has 148 valence electrons. The van der Waals surface area contributed by atoms with Gasteiger partial charge in [-0.05, 0) is 43.2 Å². The molecule has 28 heavy (non-hydrogen) atoms. The van der Waals surface area contributed by atoms with Crippen molar-refractivity contribution in [3.05, 3.63) is 59.9 Å². The molecule has 1 N–H and O–H groups in total. The first-order chi connectivity index (χ1) is 13.5. The first-order valence-corrected chi connectivity index (χ1v) is 9.59. The lowest BCUT2D eigenvalue weighted by Crippen LogP contribution is -2.40. The van der Waals surface area contributed by atoms with Gasteiger partial charge in [-0.15, -0.1) is 0 Å². The van der Waals surface area contributed by atoms with Crippen molar-refractivity contribution in [3.63, 3.8) is 0 Å². The molecule has 0 saturated carbocycles. The Labute approximate surface area is 165 Å². The molecular weight excluding hydrogens is 354 g/mol. The van der Waals surface area contributed by atoms with Gasteiger partial charge >= 0.3 is 0 Å². The van der Waals surface area contributed by atoms with Crippen LogP contribution in [-0.4, -0.2) is 66.0 Å². The molecule has 1 aliphatic rings. The number of rotatable bonds is 6. The molecule has 0 aliphatic carbocycles. The van der Waals surface area contributed by atoms with E-state index in [1.807, 2.05) is 50.4 Å². The first kappa shape index (κ1) is 19.9. The Balaban J connectivity index is 1.79. The molecule has 0 bridgehead atoms. The smallest absolute Gasteiger partial charge is 0.270 e. The van der Waals surface area contributed by atoms with E-state index < -0.39 is 0 Å². The minimum atomic E-state index is -0.0274. The van der Waals surface area contributed by atoms with Crippen molar-refractivity contribution in [2.24, 2.45) is 0 Å². The number of aromatic amines is 1. The molecule has 0 atom stereocenters. The highest BCUT2D eigenvalue weighted by atomic mass is 16.5. The lowest BCUT2D eigenvalue weighted by atomic mass is 10.0. The molecule has 2 amide bonds. The van der Waals surface area contributed by atoms with E-state index >= 15 is 0 Å². The number of amides is 2. The maximum absolute atomic E-state index is 12.8. The van der Waals surface area contributed by atoms with E-state index in [9.17, 15) is 9.59 Å². The quantitative estimate of drug-likeness (QED) is 0.782. The summed E-state index contributed by atoms with van der Waals surface area (Å²) in [6.07, 6.45) is 1.81. The second kappa shape index (κ2) is 8.89. The molecule has 2 heterocycles. The second-order valence-electron chi connectivity index (χ2n) is 7.06. The molecule has 3 rings (SSSR count). The Morgan fingerprint density at radius 3 is 2.64 bits per heavy atom. The number of carbonyl (C=O) groups excluding carboxylic acids is 2. The van der Waals surface area contributed by atoms with Crippen molar-refractivity contribution < 1.29 is 14.3 Å². The van der Waals surface area contributed by atoms with Crippen LogP contribution in [0.2, 0.25) is 0 Å². The van der Waals surface area contributed by atoms with Crippen LogP contribution in [0.15, 0.2) is 48.7 Å². The van der Waals surface area contributed by atoms with Crippen molar-refractivity contribution in [1.82, 2.24) is 14.8 Å². The van der Waals surface area contributed by atoms with E-state index in [1.54, 1.807) is 9.80 Å². The number of ether oxygens (including phenoxy) is 1. The maximum atomic E-state index is 12.8. The lowest BCUT2D eigenvalue weighted by molar-refractivity contribution is 0.0299. The Bertz CT molecular complexity index is 865. The van der Waals surface area contributed by atoms with Gasteiger partial charge in [0.15, 0.2) is 0 Å². The van der Waals surface area contributed by atoms with Gasteiger partial charge in [0.1, 0.15) is 5.69 Å². The molecular formula is C22H27N3O3. The van der Waals surface area contributed by atoms with Crippen LogP contribution < -0.4 is 0 Å². The minimum Gasteiger partial charge on any atom is -0.378 e. The van der Waals surface area contributed by atoms with Crippen LogP contribution >= 0.6 is 0 Å². The van der Waals surface area contributed by atoms with E-state index in [4.69, 9.17) is 4.74 Å². The van der Waals surface area contributed by atoms with E-state index in [1.165, 1.54) is 0 Å². The third-order valence-corrected chi connectivity index (χ3v) is 4.78. The standard InChI is InChI=1S/C22H27N3O3/c1-4-24(15-16(2)3)21(26)18-7-5-6-17(12-18)19-13-20(23-14-19)22(27)25-8-10-28-11-9-25/h5-7,12-14,23H,2,4,8-11,15H2,1,3H3. The third-order valence-electron chi connectivity index (χ3n) is 4.78. The van der Waals surface area contributed by atoms with Gasteiger partial charge in [-0.3, -0.25) is 9.59 Å². The number of carbonyl (C=O) groups is 2. The number of H-pyrrole nitrogens is 1. The summed E-state index contributed by atoms with van der Waals surface area (Å²) >= 11 is 0. The number of likely N-dealkylation sites (N-methyl/N-ethyl adjacent to an activating group) is 1. The minimum absolute atomic E-state index is 0.0208. The van der Waals surface area contributed by atoms with Crippen molar-refractivity contribution in [2.45, 2.75) is 13.8 Å². The Kier molecular flexibility index (Phi) is 6.31. The second-order valence-corrected chi connectivity index (χ2v) is 7.06. The van der Waals surface area contributed by atoms with E-state index in [0.29, 0.717) is 50.7 Å². The highest BCUT2D eigenvalue weighted by Crippen LogP contribution is 2.23. The predicted molar refractivity (Wildman–Crippen MR) is 109 cm³/mol. The molecule has 6 nitrogen and oxygen atoms in total. The topological polar surface area (TPSA) is 65.6 Å². The van der Waals surface area contributed by atoms with Crippen LogP contribution in [0.25, 0.3) is 11.1 Å². The Hall–Kier alpha value is -2.86. The van der Waals surface area contributed by atoms with Crippen LogP contribution in [0.4, 0.5) is 0 Å². The average Bonchev–Trinajstić information content (AvgIpc) is 3.22. The summed E-state index contributed by atoms with van der Waals surface area (Å²) in [5.41, 5.74) is 3.90. The largest absolute Gasteiger partial charge is 0.378 e. The van der Waals surface area contributed by atoms with Crippen molar-refractivity contribution in [1.29, 1.82) is 0 Å². The van der Waals surface area contributed by atoms with Crippen molar-refractivity contribution in [2.75, 3.05) is 39.4 Å². The molecule has 1 fully saturated rings. The summed E-state index contributed by atoms with van der Waals surface area (Å²) < 4.78 is 5.30. The maximum Gasteiger partial charge on any atom is 0.270 e. The summed E-state index contributed by atoms with van der Waals surface area (Å²) in [5, 5.41) is 0.